The molecule has 2 rings (SSSR count). The Labute approximate surface area is 111 Å². The molecule has 0 amide bonds. The molecule has 0 radical (unpaired) electrons. The summed E-state index contributed by atoms with van der Waals surface area (Å²) in [7, 11) is 0. The molecule has 0 bridgehead atoms. The molecule has 0 aliphatic carbocycles. The smallest absolute Gasteiger partial charge is 0.158 e. The van der Waals surface area contributed by atoms with Crippen LogP contribution >= 0.6 is 34.4 Å². The summed E-state index contributed by atoms with van der Waals surface area (Å²) < 4.78 is 1.19. The van der Waals surface area contributed by atoms with E-state index in [9.17, 15) is 10.2 Å². The van der Waals surface area contributed by atoms with E-state index in [1.807, 2.05) is 24.3 Å². The molecule has 0 aliphatic rings. The predicted molar refractivity (Wildman–Crippen MR) is 73.1 cm³/mol. The fourth-order valence-corrected chi connectivity index (χ4v) is 2.42. The van der Waals surface area contributed by atoms with Crippen LogP contribution in [-0.2, 0) is 0 Å². The average molecular weight is 344 g/mol. The van der Waals surface area contributed by atoms with Crippen molar-refractivity contribution in [3.63, 3.8) is 0 Å². The lowest BCUT2D eigenvalue weighted by Gasteiger charge is -2.03. The molecule has 0 atom stereocenters. The molecule has 82 valence electrons. The molecule has 0 aromatic heterocycles. The highest BCUT2D eigenvalue weighted by molar-refractivity contribution is 14.1. The van der Waals surface area contributed by atoms with Gasteiger partial charge < -0.3 is 10.2 Å². The van der Waals surface area contributed by atoms with E-state index in [2.05, 4.69) is 22.6 Å². The molecule has 0 aliphatic heterocycles. The topological polar surface area (TPSA) is 40.5 Å². The fourth-order valence-electron chi connectivity index (χ4n) is 1.21. The number of hydrogen-bond acceptors (Lipinski definition) is 3. The second-order valence-electron chi connectivity index (χ2n) is 3.21. The van der Waals surface area contributed by atoms with Crippen LogP contribution in [0.3, 0.4) is 0 Å². The third-order valence-electron chi connectivity index (χ3n) is 2.00. The van der Waals surface area contributed by atoms with Crippen molar-refractivity contribution in [1.29, 1.82) is 0 Å². The highest BCUT2D eigenvalue weighted by atomic mass is 127. The van der Waals surface area contributed by atoms with E-state index in [-0.39, 0.29) is 11.5 Å². The van der Waals surface area contributed by atoms with Crippen molar-refractivity contribution in [2.75, 3.05) is 0 Å². The minimum atomic E-state index is -0.0908. The van der Waals surface area contributed by atoms with Gasteiger partial charge in [-0.3, -0.25) is 0 Å². The van der Waals surface area contributed by atoms with Crippen molar-refractivity contribution >= 4 is 34.4 Å². The summed E-state index contributed by atoms with van der Waals surface area (Å²) in [5.41, 5.74) is 0. The molecule has 0 spiro atoms. The summed E-state index contributed by atoms with van der Waals surface area (Å²) in [5.74, 6) is -0.178. The molecule has 2 nitrogen and oxygen atoms in total. The van der Waals surface area contributed by atoms with Crippen molar-refractivity contribution in [1.82, 2.24) is 0 Å². The van der Waals surface area contributed by atoms with E-state index in [0.29, 0.717) is 0 Å². The zero-order chi connectivity index (χ0) is 11.5. The highest BCUT2D eigenvalue weighted by Gasteiger charge is 2.02. The Kier molecular flexibility index (Phi) is 3.60. The normalized spacial score (nSPS) is 10.3. The van der Waals surface area contributed by atoms with Crippen LogP contribution in [0.1, 0.15) is 0 Å². The quantitative estimate of drug-likeness (QED) is 0.642. The van der Waals surface area contributed by atoms with Crippen LogP contribution in [0.15, 0.2) is 52.3 Å². The molecule has 0 unspecified atom stereocenters. The summed E-state index contributed by atoms with van der Waals surface area (Å²) in [4.78, 5) is 2.00. The first-order chi connectivity index (χ1) is 7.65. The van der Waals surface area contributed by atoms with E-state index >= 15 is 0 Å². The van der Waals surface area contributed by atoms with Crippen LogP contribution in [0, 0.1) is 3.57 Å². The number of phenolic OH excluding ortho intramolecular Hbond substituents is 2. The predicted octanol–water partition coefficient (Wildman–Crippen LogP) is 3.85. The van der Waals surface area contributed by atoms with E-state index in [4.69, 9.17) is 0 Å². The highest BCUT2D eigenvalue weighted by Crippen LogP contribution is 2.33. The SMILES string of the molecule is Oc1ccc(Sc2ccc(I)cc2)cc1O. The van der Waals surface area contributed by atoms with Crippen LogP contribution in [-0.4, -0.2) is 10.2 Å². The van der Waals surface area contributed by atoms with Gasteiger partial charge in [-0.2, -0.15) is 0 Å². The molecule has 0 heterocycles. The summed E-state index contributed by atoms with van der Waals surface area (Å²) in [6.07, 6.45) is 0. The van der Waals surface area contributed by atoms with E-state index < -0.39 is 0 Å². The number of benzene rings is 2. The Morgan fingerprint density at radius 1 is 0.812 bits per heavy atom. The Hall–Kier alpha value is -0.880. The summed E-state index contributed by atoms with van der Waals surface area (Å²) in [5, 5.41) is 18.5. The zero-order valence-electron chi connectivity index (χ0n) is 8.22. The Morgan fingerprint density at radius 2 is 1.44 bits per heavy atom. The molecule has 2 aromatic carbocycles. The van der Waals surface area contributed by atoms with Gasteiger partial charge in [0.15, 0.2) is 11.5 Å². The maximum Gasteiger partial charge on any atom is 0.158 e. The number of aromatic hydroxyl groups is 2. The Balaban J connectivity index is 2.20. The molecular weight excluding hydrogens is 335 g/mol. The number of rotatable bonds is 2. The summed E-state index contributed by atoms with van der Waals surface area (Å²) in [6, 6.07) is 12.9. The molecule has 0 saturated heterocycles. The van der Waals surface area contributed by atoms with Gasteiger partial charge in [0.25, 0.3) is 0 Å². The molecule has 2 aromatic rings. The van der Waals surface area contributed by atoms with Crippen LogP contribution in [0.4, 0.5) is 0 Å². The maximum absolute atomic E-state index is 9.36. The largest absolute Gasteiger partial charge is 0.504 e. The lowest BCUT2D eigenvalue weighted by Crippen LogP contribution is -1.75. The van der Waals surface area contributed by atoms with Crippen molar-refractivity contribution in [2.24, 2.45) is 0 Å². The molecule has 4 heteroatoms. The van der Waals surface area contributed by atoms with Crippen molar-refractivity contribution in [2.45, 2.75) is 9.79 Å². The Bertz CT molecular complexity index is 497. The summed E-state index contributed by atoms with van der Waals surface area (Å²) >= 11 is 3.80. The van der Waals surface area contributed by atoms with Gasteiger partial charge in [0.2, 0.25) is 0 Å². The third-order valence-corrected chi connectivity index (χ3v) is 3.71. The van der Waals surface area contributed by atoms with Crippen molar-refractivity contribution < 1.29 is 10.2 Å². The second kappa shape index (κ2) is 4.97. The van der Waals surface area contributed by atoms with Crippen molar-refractivity contribution in [3.05, 3.63) is 46.0 Å². The third kappa shape index (κ3) is 2.82. The zero-order valence-corrected chi connectivity index (χ0v) is 11.2. The van der Waals surface area contributed by atoms with Gasteiger partial charge in [0, 0.05) is 13.4 Å². The van der Waals surface area contributed by atoms with Gasteiger partial charge in [0.1, 0.15) is 0 Å². The van der Waals surface area contributed by atoms with Crippen molar-refractivity contribution in [3.8, 4) is 11.5 Å². The molecular formula is C12H9IO2S. The minimum Gasteiger partial charge on any atom is -0.504 e. The van der Waals surface area contributed by atoms with Crippen LogP contribution in [0.5, 0.6) is 11.5 Å². The van der Waals surface area contributed by atoms with Gasteiger partial charge in [-0.15, -0.1) is 0 Å². The van der Waals surface area contributed by atoms with E-state index in [1.165, 1.54) is 9.64 Å². The van der Waals surface area contributed by atoms with Crippen LogP contribution in [0.2, 0.25) is 0 Å². The van der Waals surface area contributed by atoms with Gasteiger partial charge in [0.05, 0.1) is 0 Å². The van der Waals surface area contributed by atoms with Gasteiger partial charge >= 0.3 is 0 Å². The summed E-state index contributed by atoms with van der Waals surface area (Å²) in [6.45, 7) is 0. The first-order valence-electron chi connectivity index (χ1n) is 4.60. The number of hydrogen-bond donors (Lipinski definition) is 2. The Morgan fingerprint density at radius 3 is 2.06 bits per heavy atom. The van der Waals surface area contributed by atoms with Crippen LogP contribution < -0.4 is 0 Å². The lowest BCUT2D eigenvalue weighted by molar-refractivity contribution is 0.402. The number of halogens is 1. The standard InChI is InChI=1S/C12H9IO2S/c13-8-1-3-9(4-2-8)16-10-5-6-11(14)12(15)7-10/h1-7,14-15H. The lowest BCUT2D eigenvalue weighted by atomic mass is 10.3. The molecule has 16 heavy (non-hydrogen) atoms. The van der Waals surface area contributed by atoms with Gasteiger partial charge in [-0.05, 0) is 65.1 Å². The van der Waals surface area contributed by atoms with E-state index in [0.717, 1.165) is 9.79 Å². The van der Waals surface area contributed by atoms with Gasteiger partial charge in [-0.1, -0.05) is 11.8 Å². The van der Waals surface area contributed by atoms with Gasteiger partial charge in [-0.25, -0.2) is 0 Å². The molecule has 0 fully saturated rings. The fraction of sp³-hybridized carbons (Fsp3) is 0. The molecule has 0 saturated carbocycles. The monoisotopic (exact) mass is 344 g/mol. The van der Waals surface area contributed by atoms with Crippen LogP contribution in [0.25, 0.3) is 0 Å². The van der Waals surface area contributed by atoms with E-state index in [1.54, 1.807) is 23.9 Å². The minimum absolute atomic E-state index is 0.0875. The first kappa shape index (κ1) is 11.6. The first-order valence-corrected chi connectivity index (χ1v) is 6.50. The average Bonchev–Trinajstić information content (AvgIpc) is 2.27. The molecule has 2 N–H and O–H groups in total. The second-order valence-corrected chi connectivity index (χ2v) is 5.60. The maximum atomic E-state index is 9.36. The number of phenols is 2.